The Morgan fingerprint density at radius 3 is 2.32 bits per heavy atom. The predicted octanol–water partition coefficient (Wildman–Crippen LogP) is 2.11. The summed E-state index contributed by atoms with van der Waals surface area (Å²) >= 11 is 0. The van der Waals surface area contributed by atoms with Gasteiger partial charge in [-0.2, -0.15) is 0 Å². The van der Waals surface area contributed by atoms with Gasteiger partial charge in [0.1, 0.15) is 0 Å². The maximum absolute atomic E-state index is 12.4. The molecule has 0 spiro atoms. The van der Waals surface area contributed by atoms with Crippen molar-refractivity contribution in [1.82, 2.24) is 10.4 Å². The van der Waals surface area contributed by atoms with Crippen LogP contribution in [0.3, 0.4) is 0 Å². The van der Waals surface area contributed by atoms with Gasteiger partial charge < -0.3 is 5.11 Å². The van der Waals surface area contributed by atoms with E-state index in [1.807, 2.05) is 31.2 Å². The molecule has 2 N–H and O–H groups in total. The van der Waals surface area contributed by atoms with Gasteiger partial charge in [-0.05, 0) is 24.6 Å². The van der Waals surface area contributed by atoms with Crippen LogP contribution >= 0.6 is 0 Å². The van der Waals surface area contributed by atoms with Crippen LogP contribution in [-0.4, -0.2) is 33.9 Å². The van der Waals surface area contributed by atoms with E-state index < -0.39 is 29.7 Å². The molecule has 0 saturated carbocycles. The molecule has 1 fully saturated rings. The van der Waals surface area contributed by atoms with Gasteiger partial charge in [-0.25, -0.2) is 9.80 Å². The van der Waals surface area contributed by atoms with E-state index in [2.05, 4.69) is 5.43 Å². The summed E-state index contributed by atoms with van der Waals surface area (Å²) in [7, 11) is 0. The lowest BCUT2D eigenvalue weighted by molar-refractivity contribution is -0.148. The SMILES string of the molecule is Cc1ccc(C2CC(=O)N(NC(=O)c3ccccc3)C2C(=O)O)cc1. The number of aryl methyl sites for hydroxylation is 1. The number of carboxylic acids is 1. The first-order valence-corrected chi connectivity index (χ1v) is 7.95. The molecule has 0 aromatic heterocycles. The normalized spacial score (nSPS) is 19.7. The van der Waals surface area contributed by atoms with Gasteiger partial charge in [-0.1, -0.05) is 48.0 Å². The second-order valence-electron chi connectivity index (χ2n) is 6.08. The van der Waals surface area contributed by atoms with E-state index in [1.165, 1.54) is 0 Å². The molecular formula is C19H18N2O4. The predicted molar refractivity (Wildman–Crippen MR) is 90.7 cm³/mol. The largest absolute Gasteiger partial charge is 0.480 e. The Morgan fingerprint density at radius 2 is 1.72 bits per heavy atom. The van der Waals surface area contributed by atoms with Crippen LogP contribution in [0.4, 0.5) is 0 Å². The molecule has 6 heteroatoms. The fourth-order valence-corrected chi connectivity index (χ4v) is 3.02. The van der Waals surface area contributed by atoms with Gasteiger partial charge in [0.25, 0.3) is 5.91 Å². The zero-order valence-electron chi connectivity index (χ0n) is 13.7. The quantitative estimate of drug-likeness (QED) is 0.894. The van der Waals surface area contributed by atoms with Crippen molar-refractivity contribution in [3.05, 3.63) is 71.3 Å². The number of carboxylic acid groups (broad SMARTS) is 1. The average Bonchev–Trinajstić information content (AvgIpc) is 2.93. The fourth-order valence-electron chi connectivity index (χ4n) is 3.02. The van der Waals surface area contributed by atoms with Crippen LogP contribution in [0.2, 0.25) is 0 Å². The first-order chi connectivity index (χ1) is 12.0. The van der Waals surface area contributed by atoms with Crippen LogP contribution in [0.15, 0.2) is 54.6 Å². The number of rotatable bonds is 4. The molecule has 6 nitrogen and oxygen atoms in total. The molecule has 0 radical (unpaired) electrons. The maximum atomic E-state index is 12.4. The van der Waals surface area contributed by atoms with Crippen molar-refractivity contribution in [2.24, 2.45) is 0 Å². The fraction of sp³-hybridized carbons (Fsp3) is 0.211. The summed E-state index contributed by atoms with van der Waals surface area (Å²) in [5.74, 6) is -2.58. The zero-order chi connectivity index (χ0) is 18.0. The van der Waals surface area contributed by atoms with E-state index in [4.69, 9.17) is 0 Å². The monoisotopic (exact) mass is 338 g/mol. The standard InChI is InChI=1S/C19H18N2O4/c1-12-7-9-13(10-8-12)15-11-16(22)21(17(15)19(24)25)20-18(23)14-5-3-2-4-6-14/h2-10,15,17H,11H2,1H3,(H,20,23)(H,24,25). The van der Waals surface area contributed by atoms with E-state index in [1.54, 1.807) is 30.3 Å². The summed E-state index contributed by atoms with van der Waals surface area (Å²) < 4.78 is 0. The van der Waals surface area contributed by atoms with Crippen molar-refractivity contribution >= 4 is 17.8 Å². The molecule has 0 aliphatic carbocycles. The molecule has 128 valence electrons. The van der Waals surface area contributed by atoms with Gasteiger partial charge >= 0.3 is 5.97 Å². The van der Waals surface area contributed by atoms with Gasteiger partial charge in [0.15, 0.2) is 6.04 Å². The second-order valence-corrected chi connectivity index (χ2v) is 6.08. The van der Waals surface area contributed by atoms with E-state index in [0.29, 0.717) is 5.56 Å². The maximum Gasteiger partial charge on any atom is 0.329 e. The minimum Gasteiger partial charge on any atom is -0.480 e. The van der Waals surface area contributed by atoms with E-state index in [-0.39, 0.29) is 6.42 Å². The summed E-state index contributed by atoms with van der Waals surface area (Å²) in [4.78, 5) is 36.4. The molecule has 2 amide bonds. The molecule has 1 aliphatic heterocycles. The third-order valence-corrected chi connectivity index (χ3v) is 4.34. The number of amides is 2. The molecular weight excluding hydrogens is 320 g/mol. The number of benzene rings is 2. The minimum atomic E-state index is -1.15. The molecule has 0 bridgehead atoms. The van der Waals surface area contributed by atoms with Gasteiger partial charge in [-0.3, -0.25) is 15.0 Å². The van der Waals surface area contributed by atoms with Crippen molar-refractivity contribution in [2.45, 2.75) is 25.3 Å². The van der Waals surface area contributed by atoms with E-state index in [0.717, 1.165) is 16.1 Å². The lowest BCUT2D eigenvalue weighted by Gasteiger charge is -2.25. The molecule has 2 atom stereocenters. The second kappa shape index (κ2) is 6.76. The summed E-state index contributed by atoms with van der Waals surface area (Å²) in [6, 6.07) is 14.6. The Hall–Kier alpha value is -3.15. The van der Waals surface area contributed by atoms with Crippen LogP contribution in [0.1, 0.15) is 33.8 Å². The van der Waals surface area contributed by atoms with Gasteiger partial charge in [0.2, 0.25) is 5.91 Å². The van der Waals surface area contributed by atoms with Crippen molar-refractivity contribution in [1.29, 1.82) is 0 Å². The number of carbonyl (C=O) groups is 3. The first-order valence-electron chi connectivity index (χ1n) is 7.95. The average molecular weight is 338 g/mol. The minimum absolute atomic E-state index is 0.0368. The number of nitrogens with zero attached hydrogens (tertiary/aromatic N) is 1. The van der Waals surface area contributed by atoms with Crippen molar-refractivity contribution in [2.75, 3.05) is 0 Å². The third kappa shape index (κ3) is 3.38. The molecule has 1 heterocycles. The van der Waals surface area contributed by atoms with Crippen LogP contribution in [0.5, 0.6) is 0 Å². The van der Waals surface area contributed by atoms with Crippen LogP contribution in [0, 0.1) is 6.92 Å². The molecule has 2 aromatic carbocycles. The lowest BCUT2D eigenvalue weighted by Crippen LogP contribution is -2.51. The topological polar surface area (TPSA) is 86.7 Å². The summed E-state index contributed by atoms with van der Waals surface area (Å²) in [5.41, 5.74) is 4.63. The highest BCUT2D eigenvalue weighted by Gasteiger charge is 2.46. The van der Waals surface area contributed by atoms with Gasteiger partial charge in [-0.15, -0.1) is 0 Å². The van der Waals surface area contributed by atoms with Crippen LogP contribution < -0.4 is 5.43 Å². The summed E-state index contributed by atoms with van der Waals surface area (Å²) in [6.07, 6.45) is 0.0368. The number of hydrazine groups is 1. The third-order valence-electron chi connectivity index (χ3n) is 4.34. The van der Waals surface area contributed by atoms with E-state index in [9.17, 15) is 19.5 Å². The van der Waals surface area contributed by atoms with Crippen molar-refractivity contribution in [3.63, 3.8) is 0 Å². The van der Waals surface area contributed by atoms with Crippen molar-refractivity contribution in [3.8, 4) is 0 Å². The number of hydrogen-bond acceptors (Lipinski definition) is 3. The molecule has 1 saturated heterocycles. The van der Waals surface area contributed by atoms with Crippen molar-refractivity contribution < 1.29 is 19.5 Å². The Bertz CT molecular complexity index is 802. The first kappa shape index (κ1) is 16.7. The Morgan fingerprint density at radius 1 is 1.08 bits per heavy atom. The highest BCUT2D eigenvalue weighted by Crippen LogP contribution is 2.33. The molecule has 25 heavy (non-hydrogen) atoms. The highest BCUT2D eigenvalue weighted by molar-refractivity contribution is 5.97. The molecule has 2 aromatic rings. The number of nitrogens with one attached hydrogen (secondary N) is 1. The summed E-state index contributed by atoms with van der Waals surface area (Å²) in [5, 5.41) is 10.6. The van der Waals surface area contributed by atoms with Crippen LogP contribution in [-0.2, 0) is 9.59 Å². The number of aliphatic carboxylic acids is 1. The zero-order valence-corrected chi connectivity index (χ0v) is 13.7. The van der Waals surface area contributed by atoms with Gasteiger partial charge in [0, 0.05) is 17.9 Å². The van der Waals surface area contributed by atoms with Gasteiger partial charge in [0.05, 0.1) is 0 Å². The number of carbonyl (C=O) groups excluding carboxylic acids is 2. The Balaban J connectivity index is 1.86. The smallest absolute Gasteiger partial charge is 0.329 e. The van der Waals surface area contributed by atoms with Crippen LogP contribution in [0.25, 0.3) is 0 Å². The molecule has 1 aliphatic rings. The molecule has 3 rings (SSSR count). The molecule has 2 unspecified atom stereocenters. The summed E-state index contributed by atoms with van der Waals surface area (Å²) in [6.45, 7) is 1.94. The Kier molecular flexibility index (Phi) is 4.52. The Labute approximate surface area is 145 Å². The number of hydrogen-bond donors (Lipinski definition) is 2. The lowest BCUT2D eigenvalue weighted by atomic mass is 9.91. The van der Waals surface area contributed by atoms with E-state index >= 15 is 0 Å². The highest BCUT2D eigenvalue weighted by atomic mass is 16.4.